The van der Waals surface area contributed by atoms with Crippen LogP contribution in [0.3, 0.4) is 0 Å². The van der Waals surface area contributed by atoms with Crippen molar-refractivity contribution in [2.75, 3.05) is 0 Å². The van der Waals surface area contributed by atoms with Crippen molar-refractivity contribution in [2.24, 2.45) is 0 Å². The fourth-order valence-electron chi connectivity index (χ4n) is 2.95. The molecule has 1 aliphatic carbocycles. The van der Waals surface area contributed by atoms with E-state index in [0.717, 1.165) is 12.0 Å². The average molecular weight is 273 g/mol. The first kappa shape index (κ1) is 13.3. The van der Waals surface area contributed by atoms with E-state index in [-0.39, 0.29) is 11.2 Å². The quantitative estimate of drug-likeness (QED) is 0.835. The summed E-state index contributed by atoms with van der Waals surface area (Å²) in [6, 6.07) is 20.0. The van der Waals surface area contributed by atoms with Gasteiger partial charge in [-0.05, 0) is 35.8 Å². The van der Waals surface area contributed by atoms with E-state index in [4.69, 9.17) is 5.26 Å². The molecule has 0 bridgehead atoms. The third-order valence-electron chi connectivity index (χ3n) is 4.14. The zero-order valence-electron chi connectivity index (χ0n) is 11.6. The summed E-state index contributed by atoms with van der Waals surface area (Å²) in [4.78, 5) is 11.6. The summed E-state index contributed by atoms with van der Waals surface area (Å²) in [6.45, 7) is 0. The number of nitrogens with zero attached hydrogens (tertiary/aromatic N) is 1. The highest BCUT2D eigenvalue weighted by Crippen LogP contribution is 2.40. The molecule has 0 spiro atoms. The molecule has 0 heterocycles. The van der Waals surface area contributed by atoms with E-state index in [2.05, 4.69) is 18.2 Å². The Morgan fingerprint density at radius 3 is 2.19 bits per heavy atom. The topological polar surface area (TPSA) is 40.9 Å². The van der Waals surface area contributed by atoms with Crippen LogP contribution in [-0.4, -0.2) is 5.78 Å². The highest BCUT2D eigenvalue weighted by molar-refractivity contribution is 5.91. The molecule has 1 atom stereocenters. The van der Waals surface area contributed by atoms with E-state index in [1.165, 1.54) is 5.56 Å². The third-order valence-corrected chi connectivity index (χ3v) is 4.14. The molecular weight excluding hydrogens is 258 g/mol. The molecule has 3 rings (SSSR count). The van der Waals surface area contributed by atoms with Crippen LogP contribution in [0.5, 0.6) is 0 Å². The largest absolute Gasteiger partial charge is 0.295 e. The molecule has 2 aromatic carbocycles. The smallest absolute Gasteiger partial charge is 0.155 e. The number of nitriles is 1. The normalized spacial score (nSPS) is 21.0. The molecule has 2 heteroatoms. The molecule has 0 saturated heterocycles. The summed E-state index contributed by atoms with van der Waals surface area (Å²) in [7, 11) is 0. The van der Waals surface area contributed by atoms with Gasteiger partial charge in [0, 0.05) is 11.8 Å². The van der Waals surface area contributed by atoms with Crippen molar-refractivity contribution in [1.29, 1.82) is 5.26 Å². The van der Waals surface area contributed by atoms with Crippen LogP contribution >= 0.6 is 0 Å². The van der Waals surface area contributed by atoms with Gasteiger partial charge in [0.25, 0.3) is 0 Å². The highest BCUT2D eigenvalue weighted by Gasteiger charge is 2.34. The van der Waals surface area contributed by atoms with Gasteiger partial charge < -0.3 is 0 Å². The number of carbonyl (C=O) groups excluding carboxylic acids is 1. The van der Waals surface area contributed by atoms with Crippen LogP contribution in [-0.2, 0) is 10.2 Å². The summed E-state index contributed by atoms with van der Waals surface area (Å²) in [5.41, 5.74) is 2.68. The highest BCUT2D eigenvalue weighted by atomic mass is 16.1. The van der Waals surface area contributed by atoms with Crippen molar-refractivity contribution < 1.29 is 4.79 Å². The van der Waals surface area contributed by atoms with E-state index < -0.39 is 0 Å². The van der Waals surface area contributed by atoms with Gasteiger partial charge in [0.2, 0.25) is 0 Å². The second-order valence-electron chi connectivity index (χ2n) is 5.33. The standard InChI is InChI=1S/C19H15NO/c20-14-15-6-8-17(9-7-15)19(12-10-18(21)11-13-19)16-4-2-1-3-5-16/h1-10,12H,11,13H2/t19-/m1/s1. The first-order chi connectivity index (χ1) is 10.2. The van der Waals surface area contributed by atoms with Gasteiger partial charge in [-0.2, -0.15) is 5.26 Å². The Morgan fingerprint density at radius 2 is 1.62 bits per heavy atom. The lowest BCUT2D eigenvalue weighted by Gasteiger charge is -2.34. The van der Waals surface area contributed by atoms with E-state index >= 15 is 0 Å². The Hall–Kier alpha value is -2.66. The maximum Gasteiger partial charge on any atom is 0.155 e. The fourth-order valence-corrected chi connectivity index (χ4v) is 2.95. The zero-order chi connectivity index (χ0) is 14.7. The van der Waals surface area contributed by atoms with Crippen LogP contribution in [0.4, 0.5) is 0 Å². The molecule has 0 amide bonds. The minimum Gasteiger partial charge on any atom is -0.295 e. The van der Waals surface area contributed by atoms with Gasteiger partial charge in [0.05, 0.1) is 11.6 Å². The molecule has 0 N–H and O–H groups in total. The van der Waals surface area contributed by atoms with Crippen molar-refractivity contribution in [3.63, 3.8) is 0 Å². The lowest BCUT2D eigenvalue weighted by atomic mass is 9.68. The molecule has 0 unspecified atom stereocenters. The lowest BCUT2D eigenvalue weighted by Crippen LogP contribution is -2.29. The Morgan fingerprint density at radius 1 is 0.952 bits per heavy atom. The van der Waals surface area contributed by atoms with Gasteiger partial charge in [-0.3, -0.25) is 4.79 Å². The Labute approximate surface area is 124 Å². The molecule has 2 nitrogen and oxygen atoms in total. The Kier molecular flexibility index (Phi) is 3.41. The molecule has 0 radical (unpaired) electrons. The summed E-state index contributed by atoms with van der Waals surface area (Å²) >= 11 is 0. The number of allylic oxidation sites excluding steroid dienone is 2. The number of hydrogen-bond acceptors (Lipinski definition) is 2. The molecule has 0 aromatic heterocycles. The summed E-state index contributed by atoms with van der Waals surface area (Å²) in [5, 5.41) is 8.95. The van der Waals surface area contributed by atoms with E-state index in [0.29, 0.717) is 12.0 Å². The number of ketones is 1. The van der Waals surface area contributed by atoms with Crippen LogP contribution < -0.4 is 0 Å². The second kappa shape index (κ2) is 5.38. The number of carbonyl (C=O) groups is 1. The predicted octanol–water partition coefficient (Wildman–Crippen LogP) is 3.76. The van der Waals surface area contributed by atoms with Crippen LogP contribution in [0.2, 0.25) is 0 Å². The summed E-state index contributed by atoms with van der Waals surface area (Å²) < 4.78 is 0. The monoisotopic (exact) mass is 273 g/mol. The fraction of sp³-hybridized carbons (Fsp3) is 0.158. The van der Waals surface area contributed by atoms with Crippen molar-refractivity contribution in [3.8, 4) is 6.07 Å². The molecule has 0 aliphatic heterocycles. The molecule has 2 aromatic rings. The van der Waals surface area contributed by atoms with Gasteiger partial charge in [-0.1, -0.05) is 48.5 Å². The van der Waals surface area contributed by atoms with Gasteiger partial charge in [-0.25, -0.2) is 0 Å². The molecular formula is C19H15NO. The number of benzene rings is 2. The number of hydrogen-bond donors (Lipinski definition) is 0. The SMILES string of the molecule is N#Cc1ccc([C@]2(c3ccccc3)C=CC(=O)CC2)cc1. The first-order valence-electron chi connectivity index (χ1n) is 7.03. The second-order valence-corrected chi connectivity index (χ2v) is 5.33. The minimum absolute atomic E-state index is 0.176. The number of rotatable bonds is 2. The van der Waals surface area contributed by atoms with Gasteiger partial charge in [-0.15, -0.1) is 0 Å². The molecule has 1 aliphatic rings. The van der Waals surface area contributed by atoms with Gasteiger partial charge in [0.15, 0.2) is 5.78 Å². The Balaban J connectivity index is 2.15. The van der Waals surface area contributed by atoms with Crippen molar-refractivity contribution >= 4 is 5.78 Å². The molecule has 102 valence electrons. The van der Waals surface area contributed by atoms with E-state index in [9.17, 15) is 4.79 Å². The van der Waals surface area contributed by atoms with Crippen molar-refractivity contribution in [2.45, 2.75) is 18.3 Å². The van der Waals surface area contributed by atoms with Crippen LogP contribution in [0.25, 0.3) is 0 Å². The molecule has 0 saturated carbocycles. The van der Waals surface area contributed by atoms with Crippen LogP contribution in [0, 0.1) is 11.3 Å². The maximum absolute atomic E-state index is 11.6. The van der Waals surface area contributed by atoms with Crippen LogP contribution in [0.15, 0.2) is 66.7 Å². The lowest BCUT2D eigenvalue weighted by molar-refractivity contribution is -0.115. The summed E-state index contributed by atoms with van der Waals surface area (Å²) in [5.74, 6) is 0.176. The van der Waals surface area contributed by atoms with Crippen molar-refractivity contribution in [1.82, 2.24) is 0 Å². The van der Waals surface area contributed by atoms with Gasteiger partial charge in [0.1, 0.15) is 0 Å². The zero-order valence-corrected chi connectivity index (χ0v) is 11.6. The summed E-state index contributed by atoms with van der Waals surface area (Å²) in [6.07, 6.45) is 5.01. The minimum atomic E-state index is -0.275. The van der Waals surface area contributed by atoms with E-state index in [1.54, 1.807) is 6.08 Å². The van der Waals surface area contributed by atoms with Crippen molar-refractivity contribution in [3.05, 3.63) is 83.4 Å². The predicted molar refractivity (Wildman–Crippen MR) is 81.8 cm³/mol. The van der Waals surface area contributed by atoms with Crippen LogP contribution in [0.1, 0.15) is 29.5 Å². The third kappa shape index (κ3) is 2.39. The maximum atomic E-state index is 11.6. The average Bonchev–Trinajstić information content (AvgIpc) is 2.57. The first-order valence-corrected chi connectivity index (χ1v) is 7.03. The molecule has 21 heavy (non-hydrogen) atoms. The van der Waals surface area contributed by atoms with E-state index in [1.807, 2.05) is 48.5 Å². The molecule has 0 fully saturated rings. The Bertz CT molecular complexity index is 722. The van der Waals surface area contributed by atoms with Gasteiger partial charge >= 0.3 is 0 Å².